The Bertz CT molecular complexity index is 645. The maximum absolute atomic E-state index is 11.1. The molecule has 0 aliphatic heterocycles. The van der Waals surface area contributed by atoms with Crippen LogP contribution in [0.15, 0.2) is 22.7 Å². The number of hydrogen-bond acceptors (Lipinski definition) is 2. The van der Waals surface area contributed by atoms with Crippen molar-refractivity contribution in [2.45, 2.75) is 6.92 Å². The SMILES string of the molecule is Cc1ccc(Br)cc1-c1[nH]c(=S)[nH]c1C(=O)O. The van der Waals surface area contributed by atoms with Crippen molar-refractivity contribution in [3.05, 3.63) is 38.7 Å². The summed E-state index contributed by atoms with van der Waals surface area (Å²) in [4.78, 5) is 16.6. The molecule has 0 fully saturated rings. The van der Waals surface area contributed by atoms with Crippen molar-refractivity contribution in [1.29, 1.82) is 0 Å². The number of rotatable bonds is 2. The number of carbonyl (C=O) groups is 1. The van der Waals surface area contributed by atoms with Crippen molar-refractivity contribution in [2.75, 3.05) is 0 Å². The zero-order chi connectivity index (χ0) is 12.6. The Hall–Kier alpha value is -1.40. The molecule has 1 aromatic carbocycles. The van der Waals surface area contributed by atoms with Gasteiger partial charge in [-0.05, 0) is 36.8 Å². The van der Waals surface area contributed by atoms with Gasteiger partial charge in [-0.15, -0.1) is 0 Å². The maximum atomic E-state index is 11.1. The monoisotopic (exact) mass is 312 g/mol. The summed E-state index contributed by atoms with van der Waals surface area (Å²) in [6.07, 6.45) is 0. The number of carboxylic acids is 1. The first-order chi connectivity index (χ1) is 7.99. The van der Waals surface area contributed by atoms with Crippen LogP contribution in [0.2, 0.25) is 0 Å². The fourth-order valence-corrected chi connectivity index (χ4v) is 2.17. The molecule has 0 spiro atoms. The van der Waals surface area contributed by atoms with Crippen molar-refractivity contribution in [3.8, 4) is 11.3 Å². The third-order valence-corrected chi connectivity index (χ3v) is 3.11. The first-order valence-electron chi connectivity index (χ1n) is 4.81. The minimum absolute atomic E-state index is 0.0798. The van der Waals surface area contributed by atoms with Crippen molar-refractivity contribution in [1.82, 2.24) is 9.97 Å². The number of benzene rings is 1. The zero-order valence-electron chi connectivity index (χ0n) is 8.87. The van der Waals surface area contributed by atoms with E-state index in [1.807, 2.05) is 25.1 Å². The van der Waals surface area contributed by atoms with Gasteiger partial charge in [0.2, 0.25) is 0 Å². The first-order valence-corrected chi connectivity index (χ1v) is 6.01. The smallest absolute Gasteiger partial charge is 0.354 e. The van der Waals surface area contributed by atoms with Gasteiger partial charge in [-0.1, -0.05) is 22.0 Å². The molecule has 1 aromatic heterocycles. The molecular formula is C11H9BrN2O2S. The van der Waals surface area contributed by atoms with Crippen molar-refractivity contribution >= 4 is 34.1 Å². The van der Waals surface area contributed by atoms with E-state index in [4.69, 9.17) is 17.3 Å². The highest BCUT2D eigenvalue weighted by molar-refractivity contribution is 9.10. The van der Waals surface area contributed by atoms with Gasteiger partial charge in [-0.3, -0.25) is 0 Å². The lowest BCUT2D eigenvalue weighted by Gasteiger charge is -2.05. The molecule has 0 unspecified atom stereocenters. The second-order valence-electron chi connectivity index (χ2n) is 3.59. The maximum Gasteiger partial charge on any atom is 0.354 e. The molecule has 17 heavy (non-hydrogen) atoms. The average Bonchev–Trinajstić information content (AvgIpc) is 2.64. The van der Waals surface area contributed by atoms with E-state index < -0.39 is 5.97 Å². The summed E-state index contributed by atoms with van der Waals surface area (Å²) in [5.74, 6) is -1.04. The third-order valence-electron chi connectivity index (χ3n) is 2.41. The molecule has 0 bridgehead atoms. The van der Waals surface area contributed by atoms with Gasteiger partial charge in [0.15, 0.2) is 10.5 Å². The zero-order valence-corrected chi connectivity index (χ0v) is 11.3. The van der Waals surface area contributed by atoms with Crippen LogP contribution in [0.3, 0.4) is 0 Å². The summed E-state index contributed by atoms with van der Waals surface area (Å²) in [7, 11) is 0. The van der Waals surface area contributed by atoms with E-state index in [9.17, 15) is 4.79 Å². The molecule has 0 atom stereocenters. The fraction of sp³-hybridized carbons (Fsp3) is 0.0909. The van der Waals surface area contributed by atoms with Crippen LogP contribution in [0.4, 0.5) is 0 Å². The number of H-pyrrole nitrogens is 2. The molecule has 2 aromatic rings. The predicted molar refractivity (Wildman–Crippen MR) is 70.8 cm³/mol. The number of halogens is 1. The predicted octanol–water partition coefficient (Wildman–Crippen LogP) is 3.51. The number of nitrogens with one attached hydrogen (secondary N) is 2. The lowest BCUT2D eigenvalue weighted by Crippen LogP contribution is -1.99. The van der Waals surface area contributed by atoms with Crippen LogP contribution < -0.4 is 0 Å². The summed E-state index contributed by atoms with van der Waals surface area (Å²) in [5.41, 5.74) is 2.36. The second-order valence-corrected chi connectivity index (χ2v) is 4.92. The van der Waals surface area contributed by atoms with Gasteiger partial charge in [0.25, 0.3) is 0 Å². The van der Waals surface area contributed by atoms with Crippen LogP contribution in [0.5, 0.6) is 0 Å². The Kier molecular flexibility index (Phi) is 3.17. The Balaban J connectivity index is 2.72. The van der Waals surface area contributed by atoms with Crippen LogP contribution in [0.1, 0.15) is 16.1 Å². The van der Waals surface area contributed by atoms with Crippen LogP contribution in [0, 0.1) is 11.7 Å². The lowest BCUT2D eigenvalue weighted by molar-refractivity contribution is 0.0692. The average molecular weight is 313 g/mol. The fourth-order valence-electron chi connectivity index (χ4n) is 1.61. The van der Waals surface area contributed by atoms with Gasteiger partial charge in [-0.2, -0.15) is 0 Å². The highest BCUT2D eigenvalue weighted by Gasteiger charge is 2.16. The molecule has 2 rings (SSSR count). The largest absolute Gasteiger partial charge is 0.477 e. The van der Waals surface area contributed by atoms with Crippen LogP contribution >= 0.6 is 28.1 Å². The second kappa shape index (κ2) is 4.46. The third kappa shape index (κ3) is 2.32. The van der Waals surface area contributed by atoms with E-state index in [0.29, 0.717) is 10.5 Å². The number of aromatic nitrogens is 2. The van der Waals surface area contributed by atoms with Crippen LogP contribution in [0.25, 0.3) is 11.3 Å². The molecule has 0 saturated heterocycles. The molecule has 4 nitrogen and oxygen atoms in total. The van der Waals surface area contributed by atoms with Gasteiger partial charge in [0.05, 0.1) is 5.69 Å². The molecule has 1 heterocycles. The number of aryl methyl sites for hydroxylation is 1. The summed E-state index contributed by atoms with van der Waals surface area (Å²) in [5, 5.41) is 9.09. The molecular weight excluding hydrogens is 304 g/mol. The van der Waals surface area contributed by atoms with Gasteiger partial charge in [-0.25, -0.2) is 4.79 Å². The molecule has 0 saturated carbocycles. The molecule has 0 aliphatic carbocycles. The number of aromatic carboxylic acids is 1. The highest BCUT2D eigenvalue weighted by atomic mass is 79.9. The van der Waals surface area contributed by atoms with Crippen LogP contribution in [-0.2, 0) is 0 Å². The Morgan fingerprint density at radius 1 is 1.41 bits per heavy atom. The van der Waals surface area contributed by atoms with E-state index in [2.05, 4.69) is 25.9 Å². The number of hydrogen-bond donors (Lipinski definition) is 3. The number of imidazole rings is 1. The molecule has 6 heteroatoms. The molecule has 3 N–H and O–H groups in total. The van der Waals surface area contributed by atoms with Crippen molar-refractivity contribution in [2.24, 2.45) is 0 Å². The Morgan fingerprint density at radius 3 is 2.76 bits per heavy atom. The van der Waals surface area contributed by atoms with Crippen molar-refractivity contribution in [3.63, 3.8) is 0 Å². The highest BCUT2D eigenvalue weighted by Crippen LogP contribution is 2.27. The first kappa shape index (κ1) is 12.1. The Labute approximate surface area is 111 Å². The standard InChI is InChI=1S/C11H9BrN2O2S/c1-5-2-3-6(12)4-7(5)8-9(10(15)16)14-11(17)13-8/h2-4H,1H3,(H,15,16)(H2,13,14,17). The molecule has 0 aliphatic rings. The summed E-state index contributed by atoms with van der Waals surface area (Å²) >= 11 is 8.29. The summed E-state index contributed by atoms with van der Waals surface area (Å²) in [6.45, 7) is 1.91. The normalized spacial score (nSPS) is 10.5. The quantitative estimate of drug-likeness (QED) is 0.743. The van der Waals surface area contributed by atoms with Gasteiger partial charge in [0, 0.05) is 10.0 Å². The molecule has 0 radical (unpaired) electrons. The minimum Gasteiger partial charge on any atom is -0.477 e. The van der Waals surface area contributed by atoms with E-state index >= 15 is 0 Å². The summed E-state index contributed by atoms with van der Waals surface area (Å²) in [6, 6.07) is 5.67. The number of aromatic amines is 2. The van der Waals surface area contributed by atoms with E-state index in [-0.39, 0.29) is 5.69 Å². The Morgan fingerprint density at radius 2 is 2.12 bits per heavy atom. The molecule has 88 valence electrons. The van der Waals surface area contributed by atoms with Gasteiger partial charge >= 0.3 is 5.97 Å². The van der Waals surface area contributed by atoms with E-state index in [0.717, 1.165) is 15.6 Å². The molecule has 0 amide bonds. The number of carboxylic acid groups (broad SMARTS) is 1. The van der Waals surface area contributed by atoms with Gasteiger partial charge in [0.1, 0.15) is 0 Å². The topological polar surface area (TPSA) is 68.9 Å². The lowest BCUT2D eigenvalue weighted by atomic mass is 10.0. The van der Waals surface area contributed by atoms with Crippen LogP contribution in [-0.4, -0.2) is 21.0 Å². The van der Waals surface area contributed by atoms with Crippen molar-refractivity contribution < 1.29 is 9.90 Å². The minimum atomic E-state index is -1.04. The van der Waals surface area contributed by atoms with Gasteiger partial charge < -0.3 is 15.1 Å². The van der Waals surface area contributed by atoms with E-state index in [1.54, 1.807) is 0 Å². The summed E-state index contributed by atoms with van der Waals surface area (Å²) < 4.78 is 1.19. The van der Waals surface area contributed by atoms with E-state index in [1.165, 1.54) is 0 Å².